The molecule has 0 bridgehead atoms. The van der Waals surface area contributed by atoms with Gasteiger partial charge in [0.2, 0.25) is 0 Å². The van der Waals surface area contributed by atoms with Crippen molar-refractivity contribution in [2.24, 2.45) is 0 Å². The van der Waals surface area contributed by atoms with Crippen LogP contribution in [0.5, 0.6) is 0 Å². The largest absolute Gasteiger partial charge is 0.452 e. The van der Waals surface area contributed by atoms with Crippen LogP contribution in [-0.2, 0) is 9.53 Å². The minimum atomic E-state index is -0.617. The van der Waals surface area contributed by atoms with Gasteiger partial charge in [0.15, 0.2) is 12.4 Å². The first kappa shape index (κ1) is 22.4. The third-order valence-corrected chi connectivity index (χ3v) is 5.51. The lowest BCUT2D eigenvalue weighted by molar-refractivity contribution is -0.119. The Balaban J connectivity index is 1.51. The van der Waals surface area contributed by atoms with Crippen molar-refractivity contribution in [3.05, 3.63) is 94.5 Å². The fraction of sp³-hybridized carbons (Fsp3) is 0.0769. The smallest absolute Gasteiger partial charge is 0.339 e. The van der Waals surface area contributed by atoms with Crippen LogP contribution in [-0.4, -0.2) is 29.3 Å². The Morgan fingerprint density at radius 1 is 0.939 bits per heavy atom. The molecule has 0 spiro atoms. The number of fused-ring (bicyclic) bond motifs is 1. The number of Topliss-reactive ketones (excluding diaryl/α,β-unsaturated/α-hetero) is 1. The number of rotatable bonds is 6. The van der Waals surface area contributed by atoms with Gasteiger partial charge in [0.25, 0.3) is 5.91 Å². The molecule has 0 unspecified atom stereocenters. The maximum absolute atomic E-state index is 12.9. The molecular weight excluding hydrogens is 484 g/mol. The fourth-order valence-electron chi connectivity index (χ4n) is 3.31. The normalized spacial score (nSPS) is 10.6. The molecule has 0 aliphatic heterocycles. The zero-order valence-electron chi connectivity index (χ0n) is 17.7. The summed E-state index contributed by atoms with van der Waals surface area (Å²) in [5.74, 6) is -1.16. The molecule has 7 heteroatoms. The Bertz CT molecular complexity index is 1350. The Hall–Kier alpha value is -3.84. The van der Waals surface area contributed by atoms with Crippen LogP contribution >= 0.6 is 15.9 Å². The number of para-hydroxylation sites is 1. The number of esters is 1. The van der Waals surface area contributed by atoms with Crippen molar-refractivity contribution >= 4 is 50.2 Å². The Morgan fingerprint density at radius 3 is 2.33 bits per heavy atom. The highest BCUT2D eigenvalue weighted by Crippen LogP contribution is 2.26. The molecule has 0 atom stereocenters. The van der Waals surface area contributed by atoms with E-state index in [-0.39, 0.29) is 5.78 Å². The zero-order valence-corrected chi connectivity index (χ0v) is 19.3. The van der Waals surface area contributed by atoms with Gasteiger partial charge in [-0.15, -0.1) is 0 Å². The molecule has 3 aromatic carbocycles. The highest BCUT2D eigenvalue weighted by molar-refractivity contribution is 9.10. The summed E-state index contributed by atoms with van der Waals surface area (Å²) in [6.45, 7) is 1.02. The molecule has 1 amide bonds. The van der Waals surface area contributed by atoms with Crippen molar-refractivity contribution in [1.29, 1.82) is 0 Å². The van der Waals surface area contributed by atoms with Crippen LogP contribution in [0, 0.1) is 0 Å². The summed E-state index contributed by atoms with van der Waals surface area (Å²) >= 11 is 3.42. The van der Waals surface area contributed by atoms with E-state index in [0.29, 0.717) is 33.4 Å². The second-order valence-electron chi connectivity index (χ2n) is 7.34. The molecule has 33 heavy (non-hydrogen) atoms. The van der Waals surface area contributed by atoms with Crippen LogP contribution in [0.4, 0.5) is 5.69 Å². The number of nitrogens with one attached hydrogen (secondary N) is 1. The molecule has 4 rings (SSSR count). The molecular formula is C26H19BrN2O4. The number of carbonyl (C=O) groups is 3. The highest BCUT2D eigenvalue weighted by Gasteiger charge is 2.17. The van der Waals surface area contributed by atoms with Gasteiger partial charge in [-0.05, 0) is 55.5 Å². The van der Waals surface area contributed by atoms with Crippen LogP contribution in [0.3, 0.4) is 0 Å². The number of amides is 1. The number of pyridine rings is 1. The van der Waals surface area contributed by atoms with E-state index in [2.05, 4.69) is 26.2 Å². The summed E-state index contributed by atoms with van der Waals surface area (Å²) in [4.78, 5) is 41.2. The van der Waals surface area contributed by atoms with Crippen molar-refractivity contribution in [2.75, 3.05) is 11.9 Å². The van der Waals surface area contributed by atoms with Gasteiger partial charge in [-0.25, -0.2) is 9.78 Å². The van der Waals surface area contributed by atoms with E-state index in [9.17, 15) is 14.4 Å². The van der Waals surface area contributed by atoms with Gasteiger partial charge in [0.05, 0.1) is 16.8 Å². The first-order valence-corrected chi connectivity index (χ1v) is 10.9. The molecule has 0 aliphatic rings. The lowest BCUT2D eigenvalue weighted by Crippen LogP contribution is -2.21. The second kappa shape index (κ2) is 9.75. The molecule has 0 radical (unpaired) electrons. The number of benzene rings is 3. The zero-order chi connectivity index (χ0) is 23.4. The van der Waals surface area contributed by atoms with Gasteiger partial charge in [-0.2, -0.15) is 0 Å². The van der Waals surface area contributed by atoms with Crippen LogP contribution < -0.4 is 5.32 Å². The summed E-state index contributed by atoms with van der Waals surface area (Å²) in [6.07, 6.45) is 0. The standard InChI is InChI=1S/C26H19BrN2O4/c1-16(30)17-8-12-20(13-9-17)28-25(31)15-33-26(32)22-14-24(18-6-10-19(27)11-7-18)29-23-5-3-2-4-21(22)23/h2-14H,15H2,1H3,(H,28,31). The molecule has 164 valence electrons. The number of hydrogen-bond acceptors (Lipinski definition) is 5. The molecule has 1 heterocycles. The number of ether oxygens (including phenoxy) is 1. The van der Waals surface area contributed by atoms with Crippen molar-refractivity contribution < 1.29 is 19.1 Å². The molecule has 4 aromatic rings. The lowest BCUT2D eigenvalue weighted by Gasteiger charge is -2.11. The molecule has 1 N–H and O–H groups in total. The summed E-state index contributed by atoms with van der Waals surface area (Å²) in [5, 5.41) is 3.29. The summed E-state index contributed by atoms with van der Waals surface area (Å²) in [5.41, 5.74) is 3.52. The first-order valence-electron chi connectivity index (χ1n) is 10.1. The van der Waals surface area contributed by atoms with E-state index < -0.39 is 18.5 Å². The van der Waals surface area contributed by atoms with Gasteiger partial charge >= 0.3 is 5.97 Å². The van der Waals surface area contributed by atoms with Crippen LogP contribution in [0.25, 0.3) is 22.2 Å². The van der Waals surface area contributed by atoms with E-state index in [1.54, 1.807) is 36.4 Å². The van der Waals surface area contributed by atoms with Crippen molar-refractivity contribution in [1.82, 2.24) is 4.98 Å². The quantitative estimate of drug-likeness (QED) is 0.271. The van der Waals surface area contributed by atoms with Gasteiger partial charge in [-0.3, -0.25) is 9.59 Å². The lowest BCUT2D eigenvalue weighted by atomic mass is 10.0. The van der Waals surface area contributed by atoms with E-state index in [4.69, 9.17) is 4.74 Å². The maximum atomic E-state index is 12.9. The average Bonchev–Trinajstić information content (AvgIpc) is 2.82. The van der Waals surface area contributed by atoms with E-state index >= 15 is 0 Å². The Morgan fingerprint density at radius 2 is 1.64 bits per heavy atom. The number of halogens is 1. The third kappa shape index (κ3) is 5.32. The SMILES string of the molecule is CC(=O)c1ccc(NC(=O)COC(=O)c2cc(-c3ccc(Br)cc3)nc3ccccc23)cc1. The van der Waals surface area contributed by atoms with Gasteiger partial charge in [-0.1, -0.05) is 46.3 Å². The van der Waals surface area contributed by atoms with Gasteiger partial charge < -0.3 is 10.1 Å². The predicted molar refractivity (Wildman–Crippen MR) is 130 cm³/mol. The van der Waals surface area contributed by atoms with Gasteiger partial charge in [0, 0.05) is 26.7 Å². The topological polar surface area (TPSA) is 85.4 Å². The number of nitrogens with zero attached hydrogens (tertiary/aromatic N) is 1. The minimum Gasteiger partial charge on any atom is -0.452 e. The minimum absolute atomic E-state index is 0.0612. The monoisotopic (exact) mass is 502 g/mol. The molecule has 0 saturated heterocycles. The van der Waals surface area contributed by atoms with Crippen LogP contribution in [0.2, 0.25) is 0 Å². The molecule has 6 nitrogen and oxygen atoms in total. The molecule has 0 fully saturated rings. The molecule has 0 aliphatic carbocycles. The van der Waals surface area contributed by atoms with E-state index in [1.807, 2.05) is 42.5 Å². The van der Waals surface area contributed by atoms with Gasteiger partial charge in [0.1, 0.15) is 0 Å². The molecule has 1 aromatic heterocycles. The van der Waals surface area contributed by atoms with Crippen molar-refractivity contribution in [3.63, 3.8) is 0 Å². The fourth-order valence-corrected chi connectivity index (χ4v) is 3.57. The number of anilines is 1. The number of carbonyl (C=O) groups excluding carboxylic acids is 3. The highest BCUT2D eigenvalue weighted by atomic mass is 79.9. The van der Waals surface area contributed by atoms with Crippen molar-refractivity contribution in [2.45, 2.75) is 6.92 Å². The van der Waals surface area contributed by atoms with Crippen molar-refractivity contribution in [3.8, 4) is 11.3 Å². The van der Waals surface area contributed by atoms with E-state index in [1.165, 1.54) is 6.92 Å². The maximum Gasteiger partial charge on any atom is 0.339 e. The predicted octanol–water partition coefficient (Wildman–Crippen LogP) is 5.66. The summed E-state index contributed by atoms with van der Waals surface area (Å²) in [6, 6.07) is 23.1. The summed E-state index contributed by atoms with van der Waals surface area (Å²) in [7, 11) is 0. The number of hydrogen-bond donors (Lipinski definition) is 1. The summed E-state index contributed by atoms with van der Waals surface area (Å²) < 4.78 is 6.24. The van der Waals surface area contributed by atoms with Crippen LogP contribution in [0.15, 0.2) is 83.3 Å². The molecule has 0 saturated carbocycles. The van der Waals surface area contributed by atoms with Crippen LogP contribution in [0.1, 0.15) is 27.6 Å². The Labute approximate surface area is 198 Å². The number of aromatic nitrogens is 1. The first-order chi connectivity index (χ1) is 15.9. The second-order valence-corrected chi connectivity index (χ2v) is 8.25. The number of ketones is 1. The van der Waals surface area contributed by atoms with E-state index in [0.717, 1.165) is 10.0 Å². The third-order valence-electron chi connectivity index (χ3n) is 4.99. The average molecular weight is 503 g/mol. The Kier molecular flexibility index (Phi) is 6.60.